The van der Waals surface area contributed by atoms with Gasteiger partial charge in [0.05, 0.1) is 27.7 Å². The zero-order chi connectivity index (χ0) is 61.2. The summed E-state index contributed by atoms with van der Waals surface area (Å²) in [4.78, 5) is 38.0. The van der Waals surface area contributed by atoms with Gasteiger partial charge in [-0.25, -0.2) is 0 Å². The lowest BCUT2D eigenvalue weighted by molar-refractivity contribution is -0.870. The zero-order valence-corrected chi connectivity index (χ0v) is 55.7. The van der Waals surface area contributed by atoms with E-state index in [2.05, 4.69) is 135 Å². The first kappa shape index (κ1) is 80.4. The van der Waals surface area contributed by atoms with Crippen LogP contribution >= 0.6 is 7.82 Å². The van der Waals surface area contributed by atoms with E-state index in [1.54, 1.807) is 0 Å². The summed E-state index contributed by atoms with van der Waals surface area (Å²) in [5.41, 5.74) is 0. The van der Waals surface area contributed by atoms with Crippen LogP contribution in [0.15, 0.2) is 122 Å². The number of esters is 2. The fourth-order valence-corrected chi connectivity index (χ4v) is 9.96. The van der Waals surface area contributed by atoms with Gasteiger partial charge >= 0.3 is 11.9 Å². The predicted octanol–water partition coefficient (Wildman–Crippen LogP) is 21.6. The van der Waals surface area contributed by atoms with E-state index in [0.29, 0.717) is 17.4 Å². The van der Waals surface area contributed by atoms with Crippen LogP contribution < -0.4 is 4.89 Å². The number of ether oxygens (including phenoxy) is 2. The van der Waals surface area contributed by atoms with Gasteiger partial charge in [0.1, 0.15) is 19.8 Å². The van der Waals surface area contributed by atoms with Crippen molar-refractivity contribution in [1.29, 1.82) is 0 Å². The fourth-order valence-electron chi connectivity index (χ4n) is 9.23. The molecule has 0 aliphatic heterocycles. The molecule has 2 atom stereocenters. The number of hydrogen-bond acceptors (Lipinski definition) is 8. The Morgan fingerprint density at radius 3 is 1.01 bits per heavy atom. The minimum atomic E-state index is -4.65. The van der Waals surface area contributed by atoms with Gasteiger partial charge in [-0.05, 0) is 109 Å². The highest BCUT2D eigenvalue weighted by Gasteiger charge is 2.22. The minimum Gasteiger partial charge on any atom is -0.756 e. The van der Waals surface area contributed by atoms with E-state index in [-0.39, 0.29) is 32.0 Å². The smallest absolute Gasteiger partial charge is 0.306 e. The molecule has 0 rings (SSSR count). The van der Waals surface area contributed by atoms with Crippen LogP contribution in [0.1, 0.15) is 284 Å². The van der Waals surface area contributed by atoms with Crippen molar-refractivity contribution < 1.29 is 42.1 Å². The van der Waals surface area contributed by atoms with Crippen LogP contribution in [0.2, 0.25) is 0 Å². The molecule has 84 heavy (non-hydrogen) atoms. The average molecular weight is 1190 g/mol. The Labute approximate surface area is 518 Å². The average Bonchev–Trinajstić information content (AvgIpc) is 3.61. The van der Waals surface area contributed by atoms with Gasteiger partial charge in [-0.2, -0.15) is 0 Å². The molecule has 0 N–H and O–H groups in total. The lowest BCUT2D eigenvalue weighted by Gasteiger charge is -2.28. The van der Waals surface area contributed by atoms with Crippen molar-refractivity contribution in [2.45, 2.75) is 290 Å². The maximum Gasteiger partial charge on any atom is 0.306 e. The summed E-state index contributed by atoms with van der Waals surface area (Å²) in [6.07, 6.45) is 91.2. The monoisotopic (exact) mass is 1190 g/mol. The molecule has 0 saturated carbocycles. The summed E-state index contributed by atoms with van der Waals surface area (Å²) in [5.74, 6) is -0.837. The number of nitrogens with zero attached hydrogens (tertiary/aromatic N) is 1. The van der Waals surface area contributed by atoms with Crippen LogP contribution in [0, 0.1) is 0 Å². The van der Waals surface area contributed by atoms with E-state index in [1.807, 2.05) is 21.1 Å². The molecule has 0 saturated heterocycles. The molecule has 0 aromatic carbocycles. The molecule has 0 aliphatic rings. The Morgan fingerprint density at radius 2 is 0.679 bits per heavy atom. The standard InChI is InChI=1S/C74H128NO8P/c1-6-8-10-12-14-16-18-20-22-24-26-28-29-30-31-32-33-34-35-36-37-38-39-40-41-42-43-44-45-47-49-51-53-55-57-59-61-63-65-67-74(77)83-72(71-82-84(78,79)81-69-68-75(3,4)5)70-80-73(76)66-64-62-60-58-56-54-52-50-48-46-27-25-23-21-19-17-15-13-11-9-7-2/h8,10,14,16,19-22,25-28,30-31,33-34,36-37,39-40,72H,6-7,9,11-13,15,17-18,23-24,29,32,35,38,41-71H2,1-5H3/b10-8-,16-14-,21-19-,22-20-,27-25-,28-26-,31-30-,34-33-,37-36-,40-39-. The number of phosphoric acid groups is 1. The maximum atomic E-state index is 12.9. The summed E-state index contributed by atoms with van der Waals surface area (Å²) >= 11 is 0. The van der Waals surface area contributed by atoms with Crippen molar-refractivity contribution in [2.24, 2.45) is 0 Å². The van der Waals surface area contributed by atoms with Crippen molar-refractivity contribution >= 4 is 19.8 Å². The Hall–Kier alpha value is -3.59. The molecular weight excluding hydrogens is 1060 g/mol. The van der Waals surface area contributed by atoms with Crippen LogP contribution in [0.4, 0.5) is 0 Å². The van der Waals surface area contributed by atoms with Crippen molar-refractivity contribution in [3.63, 3.8) is 0 Å². The van der Waals surface area contributed by atoms with Crippen LogP contribution in [0.25, 0.3) is 0 Å². The zero-order valence-electron chi connectivity index (χ0n) is 54.8. The van der Waals surface area contributed by atoms with Crippen LogP contribution in [0.3, 0.4) is 0 Å². The molecule has 0 spiro atoms. The third kappa shape index (κ3) is 67.5. The Kier molecular flexibility index (Phi) is 61.2. The highest BCUT2D eigenvalue weighted by molar-refractivity contribution is 7.45. The van der Waals surface area contributed by atoms with Crippen molar-refractivity contribution in [2.75, 3.05) is 47.5 Å². The molecule has 0 bridgehead atoms. The number of likely N-dealkylation sites (N-methyl/N-ethyl adjacent to an activating group) is 1. The van der Waals surface area contributed by atoms with Crippen LogP contribution in [-0.4, -0.2) is 70.0 Å². The molecule has 0 radical (unpaired) electrons. The molecule has 2 unspecified atom stereocenters. The van der Waals surface area contributed by atoms with Gasteiger partial charge < -0.3 is 27.9 Å². The van der Waals surface area contributed by atoms with E-state index < -0.39 is 26.5 Å². The Morgan fingerprint density at radius 1 is 0.381 bits per heavy atom. The molecule has 0 amide bonds. The summed E-state index contributed by atoms with van der Waals surface area (Å²) in [7, 11) is 1.16. The number of rotatable bonds is 62. The first-order valence-corrected chi connectivity index (χ1v) is 35.7. The normalized spacial score (nSPS) is 13.9. The topological polar surface area (TPSA) is 111 Å². The Balaban J connectivity index is 4.05. The van der Waals surface area contributed by atoms with Crippen molar-refractivity contribution in [1.82, 2.24) is 0 Å². The van der Waals surface area contributed by atoms with Gasteiger partial charge in [0, 0.05) is 12.8 Å². The number of allylic oxidation sites excluding steroid dienone is 20. The van der Waals surface area contributed by atoms with Gasteiger partial charge in [-0.1, -0.05) is 283 Å². The number of carbonyl (C=O) groups is 2. The van der Waals surface area contributed by atoms with E-state index in [0.717, 1.165) is 109 Å². The Bertz CT molecular complexity index is 1830. The third-order valence-electron chi connectivity index (χ3n) is 14.5. The second-order valence-corrected chi connectivity index (χ2v) is 25.2. The number of unbranched alkanes of at least 4 members (excludes halogenated alkanes) is 28. The SMILES string of the molecule is CC/C=C\C/C=C\C/C=C\C/C=C\C/C=C\C/C=C\C/C=C\C/C=C\CCCCCCCCCCCCCCCCC(=O)OC(COC(=O)CCCCCCCCCCC/C=C\C/C=C\CCCCCCC)COP(=O)([O-])OCC[N+](C)(C)C. The number of carbonyl (C=O) groups excluding carboxylic acids is 2. The van der Waals surface area contributed by atoms with Gasteiger partial charge in [0.15, 0.2) is 6.10 Å². The summed E-state index contributed by atoms with van der Waals surface area (Å²) in [6.45, 7) is 4.12. The highest BCUT2D eigenvalue weighted by atomic mass is 31.2. The third-order valence-corrected chi connectivity index (χ3v) is 15.4. The van der Waals surface area contributed by atoms with E-state index in [9.17, 15) is 19.0 Å². The molecule has 482 valence electrons. The van der Waals surface area contributed by atoms with Crippen LogP contribution in [-0.2, 0) is 32.7 Å². The molecule has 10 heteroatoms. The number of hydrogen-bond donors (Lipinski definition) is 0. The molecule has 0 heterocycles. The lowest BCUT2D eigenvalue weighted by atomic mass is 10.0. The molecule has 0 aliphatic carbocycles. The van der Waals surface area contributed by atoms with Gasteiger partial charge in [-0.3, -0.25) is 14.2 Å². The largest absolute Gasteiger partial charge is 0.756 e. The van der Waals surface area contributed by atoms with Gasteiger partial charge in [0.2, 0.25) is 0 Å². The van der Waals surface area contributed by atoms with Gasteiger partial charge in [-0.15, -0.1) is 0 Å². The fraction of sp³-hybridized carbons (Fsp3) is 0.703. The van der Waals surface area contributed by atoms with E-state index in [4.69, 9.17) is 18.5 Å². The number of quaternary nitrogens is 1. The molecule has 9 nitrogen and oxygen atoms in total. The highest BCUT2D eigenvalue weighted by Crippen LogP contribution is 2.38. The van der Waals surface area contributed by atoms with Crippen molar-refractivity contribution in [3.05, 3.63) is 122 Å². The summed E-state index contributed by atoms with van der Waals surface area (Å²) < 4.78 is 34.3. The van der Waals surface area contributed by atoms with E-state index in [1.165, 1.54) is 141 Å². The number of phosphoric ester groups is 1. The summed E-state index contributed by atoms with van der Waals surface area (Å²) in [6, 6.07) is 0. The maximum absolute atomic E-state index is 12.9. The second-order valence-electron chi connectivity index (χ2n) is 23.8. The quantitative estimate of drug-likeness (QED) is 0.0195. The summed E-state index contributed by atoms with van der Waals surface area (Å²) in [5, 5.41) is 0. The second kappa shape index (κ2) is 63.9. The first-order valence-electron chi connectivity index (χ1n) is 34.2. The van der Waals surface area contributed by atoms with Gasteiger partial charge in [0.25, 0.3) is 7.82 Å². The minimum absolute atomic E-state index is 0.0356. The van der Waals surface area contributed by atoms with Crippen molar-refractivity contribution in [3.8, 4) is 0 Å². The lowest BCUT2D eigenvalue weighted by Crippen LogP contribution is -2.37. The molecule has 0 aromatic heterocycles. The predicted molar refractivity (Wildman–Crippen MR) is 360 cm³/mol. The first-order chi connectivity index (χ1) is 41.0. The molecule has 0 fully saturated rings. The molecule has 0 aromatic rings. The van der Waals surface area contributed by atoms with Crippen LogP contribution in [0.5, 0.6) is 0 Å². The van der Waals surface area contributed by atoms with E-state index >= 15 is 0 Å². The molecular formula is C74H128NO8P.